The van der Waals surface area contributed by atoms with Crippen LogP contribution in [0.5, 0.6) is 0 Å². The van der Waals surface area contributed by atoms with Crippen molar-refractivity contribution in [2.75, 3.05) is 20.6 Å². The van der Waals surface area contributed by atoms with Crippen molar-refractivity contribution in [3.8, 4) is 17.3 Å². The zero-order chi connectivity index (χ0) is 28.5. The lowest BCUT2D eigenvalue weighted by molar-refractivity contribution is -0.192. The van der Waals surface area contributed by atoms with E-state index in [1.54, 1.807) is 38.5 Å². The van der Waals surface area contributed by atoms with Crippen LogP contribution in [0.3, 0.4) is 0 Å². The van der Waals surface area contributed by atoms with Gasteiger partial charge in [0.1, 0.15) is 6.04 Å². The van der Waals surface area contributed by atoms with E-state index in [9.17, 15) is 28.0 Å². The molecule has 1 aromatic heterocycles. The van der Waals surface area contributed by atoms with Crippen LogP contribution in [0, 0.1) is 11.3 Å². The summed E-state index contributed by atoms with van der Waals surface area (Å²) in [7, 11) is 3.37. The molecule has 204 valence electrons. The maximum absolute atomic E-state index is 12.4. The highest BCUT2D eigenvalue weighted by Gasteiger charge is 2.38. The molecule has 2 aromatic rings. The number of nitrogens with one attached hydrogen (secondary N) is 2. The summed E-state index contributed by atoms with van der Waals surface area (Å²) in [5.74, 6) is -3.03. The van der Waals surface area contributed by atoms with Gasteiger partial charge in [0.05, 0.1) is 17.8 Å². The summed E-state index contributed by atoms with van der Waals surface area (Å²) in [5.41, 5.74) is 2.72. The highest BCUT2D eigenvalue weighted by atomic mass is 35.5. The van der Waals surface area contributed by atoms with E-state index in [1.807, 2.05) is 12.1 Å². The van der Waals surface area contributed by atoms with Crippen molar-refractivity contribution in [3.05, 3.63) is 52.7 Å². The monoisotopic (exact) mass is 553 g/mol. The quantitative estimate of drug-likeness (QED) is 0.498. The van der Waals surface area contributed by atoms with Crippen molar-refractivity contribution in [2.24, 2.45) is 0 Å². The van der Waals surface area contributed by atoms with E-state index >= 15 is 0 Å². The molecule has 0 aliphatic carbocycles. The molecule has 1 aromatic carbocycles. The number of benzene rings is 1. The molecule has 2 atom stereocenters. The standard InChI is InChI=1S/C23H26ClN5O2.C2HF3O2/c1-29(2)23(31)17-10-16(11-18(24)12-17)20-7-6-15(14-27-20)9-19(13-25)28-22(30)21-5-3-4-8-26-21;3-2(4,5)1(6)7/h6-7,10-12,14,19,21,26H,3-5,8-9H2,1-2H3,(H,28,30);(H,6,7)/t19-,21-;/m0./s1. The van der Waals surface area contributed by atoms with Crippen LogP contribution in [0.1, 0.15) is 35.2 Å². The van der Waals surface area contributed by atoms with Crippen LogP contribution >= 0.6 is 11.6 Å². The van der Waals surface area contributed by atoms with Crippen molar-refractivity contribution in [2.45, 2.75) is 43.9 Å². The number of aromatic nitrogens is 1. The van der Waals surface area contributed by atoms with Gasteiger partial charge in [-0.25, -0.2) is 4.79 Å². The maximum atomic E-state index is 12.4. The SMILES string of the molecule is CN(C)C(=O)c1cc(Cl)cc(-c2ccc(C[C@@H](C#N)NC(=O)[C@@H]3CCCCN3)cn2)c1.O=C(O)C(F)(F)F. The Morgan fingerprint density at radius 3 is 2.45 bits per heavy atom. The van der Waals surface area contributed by atoms with Gasteiger partial charge in [0.2, 0.25) is 5.91 Å². The van der Waals surface area contributed by atoms with E-state index < -0.39 is 18.2 Å². The van der Waals surface area contributed by atoms with Gasteiger partial charge >= 0.3 is 12.1 Å². The predicted molar refractivity (Wildman–Crippen MR) is 133 cm³/mol. The third kappa shape index (κ3) is 9.32. The Morgan fingerprint density at radius 1 is 1.26 bits per heavy atom. The van der Waals surface area contributed by atoms with Gasteiger partial charge in [-0.1, -0.05) is 24.1 Å². The van der Waals surface area contributed by atoms with Gasteiger partial charge in [-0.3, -0.25) is 14.6 Å². The Kier molecular flexibility index (Phi) is 11.0. The molecule has 2 amide bonds. The normalized spacial score (nSPS) is 15.8. The Labute approximate surface area is 222 Å². The fourth-order valence-electron chi connectivity index (χ4n) is 3.55. The minimum absolute atomic E-state index is 0.132. The first kappa shape index (κ1) is 30.5. The number of rotatable bonds is 6. The number of nitriles is 1. The summed E-state index contributed by atoms with van der Waals surface area (Å²) < 4.78 is 31.7. The van der Waals surface area contributed by atoms with Gasteiger partial charge in [0, 0.05) is 42.9 Å². The topological polar surface area (TPSA) is 135 Å². The molecular formula is C25H27ClF3N5O4. The number of hydrogen-bond acceptors (Lipinski definition) is 6. The Balaban J connectivity index is 0.000000638. The van der Waals surface area contributed by atoms with Crippen molar-refractivity contribution >= 4 is 29.4 Å². The second kappa shape index (κ2) is 13.7. The summed E-state index contributed by atoms with van der Waals surface area (Å²) in [6, 6.07) is 10.1. The third-order valence-electron chi connectivity index (χ3n) is 5.45. The number of carbonyl (C=O) groups is 3. The van der Waals surface area contributed by atoms with Crippen LogP contribution in [0.25, 0.3) is 11.3 Å². The minimum atomic E-state index is -5.08. The predicted octanol–water partition coefficient (Wildman–Crippen LogP) is 3.43. The molecule has 0 bridgehead atoms. The number of nitrogens with zero attached hydrogens (tertiary/aromatic N) is 3. The largest absolute Gasteiger partial charge is 0.490 e. The molecule has 13 heteroatoms. The number of halogens is 4. The molecule has 1 aliphatic heterocycles. The molecular weight excluding hydrogens is 527 g/mol. The molecule has 0 radical (unpaired) electrons. The number of carbonyl (C=O) groups excluding carboxylic acids is 2. The number of piperidine rings is 1. The van der Waals surface area contributed by atoms with Gasteiger partial charge in [0.25, 0.3) is 5.91 Å². The van der Waals surface area contributed by atoms with E-state index in [1.165, 1.54) is 4.90 Å². The lowest BCUT2D eigenvalue weighted by Crippen LogP contribution is -2.49. The number of hydrogen-bond donors (Lipinski definition) is 3. The zero-order valence-electron chi connectivity index (χ0n) is 20.7. The highest BCUT2D eigenvalue weighted by molar-refractivity contribution is 6.31. The zero-order valence-corrected chi connectivity index (χ0v) is 21.4. The number of aliphatic carboxylic acids is 1. The molecule has 3 N–H and O–H groups in total. The Hall–Kier alpha value is -3.69. The van der Waals surface area contributed by atoms with Crippen LogP contribution in [-0.2, 0) is 16.0 Å². The van der Waals surface area contributed by atoms with E-state index in [2.05, 4.69) is 21.7 Å². The molecule has 2 heterocycles. The van der Waals surface area contributed by atoms with Crippen molar-refractivity contribution in [1.29, 1.82) is 5.26 Å². The van der Waals surface area contributed by atoms with Crippen LogP contribution in [0.2, 0.25) is 5.02 Å². The summed E-state index contributed by atoms with van der Waals surface area (Å²) in [5, 5.41) is 23.1. The fourth-order valence-corrected chi connectivity index (χ4v) is 3.78. The molecule has 0 unspecified atom stereocenters. The van der Waals surface area contributed by atoms with Crippen LogP contribution in [0.15, 0.2) is 36.5 Å². The lowest BCUT2D eigenvalue weighted by Gasteiger charge is -2.23. The first-order chi connectivity index (χ1) is 17.8. The van der Waals surface area contributed by atoms with E-state index in [0.29, 0.717) is 22.7 Å². The van der Waals surface area contributed by atoms with Gasteiger partial charge in [-0.05, 0) is 49.2 Å². The first-order valence-corrected chi connectivity index (χ1v) is 11.9. The van der Waals surface area contributed by atoms with Crippen molar-refractivity contribution in [1.82, 2.24) is 20.5 Å². The Morgan fingerprint density at radius 2 is 1.95 bits per heavy atom. The van der Waals surface area contributed by atoms with E-state index in [0.717, 1.165) is 36.9 Å². The molecule has 1 aliphatic rings. The molecule has 3 rings (SSSR count). The van der Waals surface area contributed by atoms with Gasteiger partial charge in [-0.2, -0.15) is 18.4 Å². The van der Waals surface area contributed by atoms with E-state index in [-0.39, 0.29) is 17.9 Å². The molecule has 9 nitrogen and oxygen atoms in total. The third-order valence-corrected chi connectivity index (χ3v) is 5.67. The second-order valence-electron chi connectivity index (χ2n) is 8.68. The number of amides is 2. The second-order valence-corrected chi connectivity index (χ2v) is 9.12. The van der Waals surface area contributed by atoms with Crippen LogP contribution < -0.4 is 10.6 Å². The smallest absolute Gasteiger partial charge is 0.475 e. The number of pyridine rings is 1. The average molecular weight is 554 g/mol. The molecule has 0 spiro atoms. The fraction of sp³-hybridized carbons (Fsp3) is 0.400. The number of carboxylic acid groups (broad SMARTS) is 1. The first-order valence-electron chi connectivity index (χ1n) is 11.5. The molecule has 0 saturated carbocycles. The molecule has 1 fully saturated rings. The number of alkyl halides is 3. The lowest BCUT2D eigenvalue weighted by atomic mass is 10.0. The van der Waals surface area contributed by atoms with Gasteiger partial charge < -0.3 is 20.6 Å². The van der Waals surface area contributed by atoms with Crippen molar-refractivity contribution in [3.63, 3.8) is 0 Å². The summed E-state index contributed by atoms with van der Waals surface area (Å²) in [6.07, 6.45) is -0.167. The highest BCUT2D eigenvalue weighted by Crippen LogP contribution is 2.24. The Bertz CT molecular complexity index is 1180. The van der Waals surface area contributed by atoms with Gasteiger partial charge in [-0.15, -0.1) is 0 Å². The minimum Gasteiger partial charge on any atom is -0.475 e. The molecule has 38 heavy (non-hydrogen) atoms. The van der Waals surface area contributed by atoms with Crippen molar-refractivity contribution < 1.29 is 32.7 Å². The summed E-state index contributed by atoms with van der Waals surface area (Å²) >= 11 is 6.20. The maximum Gasteiger partial charge on any atom is 0.490 e. The van der Waals surface area contributed by atoms with Gasteiger partial charge in [0.15, 0.2) is 0 Å². The average Bonchev–Trinajstić information content (AvgIpc) is 2.88. The van der Waals surface area contributed by atoms with Crippen LogP contribution in [-0.4, -0.2) is 71.7 Å². The van der Waals surface area contributed by atoms with E-state index in [4.69, 9.17) is 21.5 Å². The summed E-state index contributed by atoms with van der Waals surface area (Å²) in [4.78, 5) is 39.5. The van der Waals surface area contributed by atoms with Crippen LogP contribution in [0.4, 0.5) is 13.2 Å². The summed E-state index contributed by atoms with van der Waals surface area (Å²) in [6.45, 7) is 0.825. The number of carboxylic acids is 1. The molecule has 1 saturated heterocycles.